The van der Waals surface area contributed by atoms with Gasteiger partial charge < -0.3 is 9.47 Å². The van der Waals surface area contributed by atoms with Crippen molar-refractivity contribution in [2.24, 2.45) is 0 Å². The molecule has 3 aromatic rings. The van der Waals surface area contributed by atoms with Crippen molar-refractivity contribution in [2.75, 3.05) is 11.8 Å². The fourth-order valence-corrected chi connectivity index (χ4v) is 3.52. The monoisotopic (exact) mass is 406 g/mol. The van der Waals surface area contributed by atoms with Gasteiger partial charge in [-0.1, -0.05) is 48.5 Å². The molecule has 0 aliphatic carbocycles. The molecule has 0 saturated heterocycles. The van der Waals surface area contributed by atoms with E-state index in [9.17, 15) is 13.7 Å². The lowest BCUT2D eigenvalue weighted by Gasteiger charge is -2.13. The number of nitrogens with zero attached hydrogens (tertiary/aromatic N) is 1. The van der Waals surface area contributed by atoms with Gasteiger partial charge in [-0.25, -0.2) is 8.42 Å². The minimum atomic E-state index is -4.15. The number of sulfonamides is 1. The van der Waals surface area contributed by atoms with Crippen LogP contribution in [0.4, 0.5) is 5.69 Å². The van der Waals surface area contributed by atoms with Gasteiger partial charge in [-0.3, -0.25) is 4.72 Å². The van der Waals surface area contributed by atoms with Gasteiger partial charge in [0.2, 0.25) is 0 Å². The number of hydrogen-bond donors (Lipinski definition) is 1. The summed E-state index contributed by atoms with van der Waals surface area (Å²) in [6, 6.07) is 24.2. The molecule has 0 unspecified atom stereocenters. The number of para-hydroxylation sites is 4. The Morgan fingerprint density at radius 1 is 0.931 bits per heavy atom. The smallest absolute Gasteiger partial charge is 0.272 e. The second kappa shape index (κ2) is 8.95. The standard InChI is InChI=1S/C22H18N2O4S/c1-27-21-13-7-5-9-17(21)15-19(16-23)29(25,26)24-20-12-6-8-14-22(20)28-18-10-3-2-4-11-18/h2-15,24H,1H3. The van der Waals surface area contributed by atoms with E-state index in [-0.39, 0.29) is 5.69 Å². The van der Waals surface area contributed by atoms with E-state index in [2.05, 4.69) is 4.72 Å². The number of hydrogen-bond acceptors (Lipinski definition) is 5. The summed E-state index contributed by atoms with van der Waals surface area (Å²) in [6.07, 6.45) is 1.27. The summed E-state index contributed by atoms with van der Waals surface area (Å²) in [4.78, 5) is -0.448. The van der Waals surface area contributed by atoms with Gasteiger partial charge in [-0.15, -0.1) is 0 Å². The number of rotatable bonds is 7. The molecule has 0 aromatic heterocycles. The van der Waals surface area contributed by atoms with Crippen molar-refractivity contribution in [1.82, 2.24) is 0 Å². The molecule has 0 aliphatic heterocycles. The summed E-state index contributed by atoms with van der Waals surface area (Å²) >= 11 is 0. The minimum Gasteiger partial charge on any atom is -0.496 e. The van der Waals surface area contributed by atoms with Gasteiger partial charge >= 0.3 is 0 Å². The molecule has 146 valence electrons. The van der Waals surface area contributed by atoms with Crippen molar-refractivity contribution in [1.29, 1.82) is 5.26 Å². The van der Waals surface area contributed by atoms with E-state index in [4.69, 9.17) is 9.47 Å². The molecule has 0 atom stereocenters. The zero-order valence-corrected chi connectivity index (χ0v) is 16.4. The molecule has 7 heteroatoms. The van der Waals surface area contributed by atoms with Gasteiger partial charge in [0.05, 0.1) is 12.8 Å². The highest BCUT2D eigenvalue weighted by atomic mass is 32.2. The first-order valence-corrected chi connectivity index (χ1v) is 10.1. The lowest BCUT2D eigenvalue weighted by molar-refractivity contribution is 0.414. The molecule has 0 heterocycles. The lowest BCUT2D eigenvalue weighted by atomic mass is 10.2. The first kappa shape index (κ1) is 20.0. The number of allylic oxidation sites excluding steroid dienone is 1. The van der Waals surface area contributed by atoms with Gasteiger partial charge in [0.25, 0.3) is 10.0 Å². The Morgan fingerprint density at radius 3 is 2.24 bits per heavy atom. The Labute approximate surface area is 169 Å². The summed E-state index contributed by atoms with van der Waals surface area (Å²) < 4.78 is 39.1. The molecule has 0 radical (unpaired) electrons. The van der Waals surface area contributed by atoms with Crippen LogP contribution in [-0.4, -0.2) is 15.5 Å². The molecule has 1 N–H and O–H groups in total. The van der Waals surface area contributed by atoms with Crippen LogP contribution in [-0.2, 0) is 10.0 Å². The predicted molar refractivity (Wildman–Crippen MR) is 112 cm³/mol. The predicted octanol–water partition coefficient (Wildman–Crippen LogP) is 4.79. The second-order valence-corrected chi connectivity index (χ2v) is 7.53. The van der Waals surface area contributed by atoms with Gasteiger partial charge in [-0.05, 0) is 36.4 Å². The zero-order valence-electron chi connectivity index (χ0n) is 15.6. The molecule has 0 amide bonds. The molecule has 0 bridgehead atoms. The van der Waals surface area contributed by atoms with Gasteiger partial charge in [0, 0.05) is 5.56 Å². The van der Waals surface area contributed by atoms with Crippen molar-refractivity contribution in [3.8, 4) is 23.3 Å². The van der Waals surface area contributed by atoms with Crippen LogP contribution in [0.1, 0.15) is 5.56 Å². The van der Waals surface area contributed by atoms with Crippen LogP contribution in [0.2, 0.25) is 0 Å². The van der Waals surface area contributed by atoms with Crippen molar-refractivity contribution in [3.05, 3.63) is 89.3 Å². The number of ether oxygens (including phenoxy) is 2. The van der Waals surface area contributed by atoms with Crippen LogP contribution in [0.3, 0.4) is 0 Å². The number of anilines is 1. The largest absolute Gasteiger partial charge is 0.496 e. The maximum atomic E-state index is 12.8. The SMILES string of the molecule is COc1ccccc1C=C(C#N)S(=O)(=O)Nc1ccccc1Oc1ccccc1. The summed E-state index contributed by atoms with van der Waals surface area (Å²) in [5, 5.41) is 9.46. The normalized spacial score (nSPS) is 11.4. The molecule has 3 rings (SSSR count). The topological polar surface area (TPSA) is 88.4 Å². The Morgan fingerprint density at radius 2 is 1.55 bits per heavy atom. The van der Waals surface area contributed by atoms with E-state index in [1.807, 2.05) is 18.2 Å². The Bertz CT molecular complexity index is 1170. The summed E-state index contributed by atoms with van der Waals surface area (Å²) in [6.45, 7) is 0. The Hall–Kier alpha value is -3.76. The number of methoxy groups -OCH3 is 1. The van der Waals surface area contributed by atoms with Crippen molar-refractivity contribution in [2.45, 2.75) is 0 Å². The van der Waals surface area contributed by atoms with Crippen LogP contribution in [0.25, 0.3) is 6.08 Å². The van der Waals surface area contributed by atoms with E-state index in [0.717, 1.165) is 0 Å². The molecule has 29 heavy (non-hydrogen) atoms. The van der Waals surface area contributed by atoms with Crippen molar-refractivity contribution >= 4 is 21.8 Å². The first-order valence-electron chi connectivity index (χ1n) is 8.63. The third kappa shape index (κ3) is 4.94. The van der Waals surface area contributed by atoms with E-state index in [1.165, 1.54) is 13.2 Å². The molecule has 0 aliphatic rings. The Kier molecular flexibility index (Phi) is 6.17. The van der Waals surface area contributed by atoms with Crippen molar-refractivity contribution in [3.63, 3.8) is 0 Å². The van der Waals surface area contributed by atoms with Crippen LogP contribution >= 0.6 is 0 Å². The molecule has 0 spiro atoms. The summed E-state index contributed by atoms with van der Waals surface area (Å²) in [5.41, 5.74) is 0.697. The van der Waals surface area contributed by atoms with E-state index in [0.29, 0.717) is 22.8 Å². The molecule has 3 aromatic carbocycles. The fourth-order valence-electron chi connectivity index (χ4n) is 2.55. The highest BCUT2D eigenvalue weighted by molar-refractivity contribution is 7.97. The van der Waals surface area contributed by atoms with Crippen LogP contribution in [0.15, 0.2) is 83.8 Å². The third-order valence-electron chi connectivity index (χ3n) is 3.93. The summed E-state index contributed by atoms with van der Waals surface area (Å²) in [5.74, 6) is 1.34. The average molecular weight is 406 g/mol. The zero-order chi connectivity index (χ0) is 20.7. The van der Waals surface area contributed by atoms with Crippen molar-refractivity contribution < 1.29 is 17.9 Å². The first-order chi connectivity index (χ1) is 14.0. The highest BCUT2D eigenvalue weighted by Gasteiger charge is 2.20. The number of benzene rings is 3. The van der Waals surface area contributed by atoms with Gasteiger partial charge in [-0.2, -0.15) is 5.26 Å². The Balaban J connectivity index is 1.93. The molecule has 0 fully saturated rings. The average Bonchev–Trinajstić information content (AvgIpc) is 2.74. The van der Waals surface area contributed by atoms with Crippen LogP contribution in [0, 0.1) is 11.3 Å². The summed E-state index contributed by atoms with van der Waals surface area (Å²) in [7, 11) is -2.67. The quantitative estimate of drug-likeness (QED) is 0.570. The lowest BCUT2D eigenvalue weighted by Crippen LogP contribution is -2.14. The minimum absolute atomic E-state index is 0.220. The molecule has 6 nitrogen and oxygen atoms in total. The third-order valence-corrected chi connectivity index (χ3v) is 5.20. The van der Waals surface area contributed by atoms with Crippen LogP contribution < -0.4 is 14.2 Å². The molecular weight excluding hydrogens is 388 g/mol. The maximum absolute atomic E-state index is 12.8. The van der Waals surface area contributed by atoms with Gasteiger partial charge in [0.1, 0.15) is 17.6 Å². The highest BCUT2D eigenvalue weighted by Crippen LogP contribution is 2.31. The van der Waals surface area contributed by atoms with E-state index >= 15 is 0 Å². The second-order valence-electron chi connectivity index (χ2n) is 5.88. The van der Waals surface area contributed by atoms with Crippen LogP contribution in [0.5, 0.6) is 17.2 Å². The van der Waals surface area contributed by atoms with E-state index < -0.39 is 14.9 Å². The molecule has 0 saturated carbocycles. The van der Waals surface area contributed by atoms with E-state index in [1.54, 1.807) is 66.7 Å². The number of nitrogens with one attached hydrogen (secondary N) is 1. The fraction of sp³-hybridized carbons (Fsp3) is 0.0455. The molecular formula is C22H18N2O4S. The number of nitriles is 1. The van der Waals surface area contributed by atoms with Gasteiger partial charge in [0.15, 0.2) is 10.7 Å². The maximum Gasteiger partial charge on any atom is 0.272 e.